The lowest BCUT2D eigenvalue weighted by Gasteiger charge is -2.48. The van der Waals surface area contributed by atoms with Crippen molar-refractivity contribution in [1.82, 2.24) is 5.32 Å². The maximum absolute atomic E-state index is 6.16. The first kappa shape index (κ1) is 12.0. The van der Waals surface area contributed by atoms with Crippen molar-refractivity contribution in [3.05, 3.63) is 0 Å². The summed E-state index contributed by atoms with van der Waals surface area (Å²) in [6.07, 6.45) is 13.4. The minimum absolute atomic E-state index is 0.258. The molecule has 98 valence electrons. The molecule has 0 amide bonds. The van der Waals surface area contributed by atoms with Crippen LogP contribution >= 0.6 is 0 Å². The highest BCUT2D eigenvalue weighted by atomic mass is 16.5. The molecular formula is C15H27NO. The van der Waals surface area contributed by atoms with E-state index in [4.69, 9.17) is 4.74 Å². The summed E-state index contributed by atoms with van der Waals surface area (Å²) in [5.41, 5.74) is 0.714. The second kappa shape index (κ2) is 4.55. The van der Waals surface area contributed by atoms with Gasteiger partial charge in [0.05, 0.1) is 5.60 Å². The molecule has 0 radical (unpaired) electrons. The predicted molar refractivity (Wildman–Crippen MR) is 70.2 cm³/mol. The summed E-state index contributed by atoms with van der Waals surface area (Å²) in [6, 6.07) is 0.715. The lowest BCUT2D eigenvalue weighted by Crippen LogP contribution is -2.57. The standard InChI is InChI=1S/C15H27NO/c1-14(7-5-8-14)16-13-6-11-17-15(12-13)9-3-2-4-10-15/h13,16H,2-12H2,1H3. The molecule has 2 saturated carbocycles. The van der Waals surface area contributed by atoms with Gasteiger partial charge in [-0.3, -0.25) is 0 Å². The lowest BCUT2D eigenvalue weighted by atomic mass is 9.75. The quantitative estimate of drug-likeness (QED) is 0.795. The predicted octanol–water partition coefficient (Wildman–Crippen LogP) is 3.40. The van der Waals surface area contributed by atoms with E-state index in [0.717, 1.165) is 6.61 Å². The van der Waals surface area contributed by atoms with Crippen molar-refractivity contribution < 1.29 is 4.74 Å². The number of hydrogen-bond donors (Lipinski definition) is 1. The second-order valence-corrected chi connectivity index (χ2v) is 6.84. The summed E-state index contributed by atoms with van der Waals surface area (Å²) in [7, 11) is 0. The molecule has 3 fully saturated rings. The SMILES string of the molecule is CC1(NC2CCOC3(CCCCC3)C2)CCC1. The summed E-state index contributed by atoms with van der Waals surface area (Å²) in [6.45, 7) is 3.38. The van der Waals surface area contributed by atoms with Gasteiger partial charge in [-0.15, -0.1) is 0 Å². The van der Waals surface area contributed by atoms with Gasteiger partial charge in [0, 0.05) is 18.2 Å². The molecule has 1 saturated heterocycles. The van der Waals surface area contributed by atoms with E-state index in [1.165, 1.54) is 64.2 Å². The smallest absolute Gasteiger partial charge is 0.0697 e. The zero-order chi connectivity index (χ0) is 11.8. The van der Waals surface area contributed by atoms with Crippen LogP contribution in [0.2, 0.25) is 0 Å². The largest absolute Gasteiger partial charge is 0.375 e. The van der Waals surface area contributed by atoms with Crippen molar-refractivity contribution in [2.24, 2.45) is 0 Å². The molecule has 17 heavy (non-hydrogen) atoms. The molecule has 1 unspecified atom stereocenters. The molecule has 3 aliphatic rings. The van der Waals surface area contributed by atoms with Gasteiger partial charge < -0.3 is 10.1 Å². The minimum atomic E-state index is 0.258. The Morgan fingerprint density at radius 1 is 1.00 bits per heavy atom. The first-order valence-corrected chi connectivity index (χ1v) is 7.62. The Morgan fingerprint density at radius 3 is 2.41 bits per heavy atom. The molecule has 1 heterocycles. The molecular weight excluding hydrogens is 210 g/mol. The number of rotatable bonds is 2. The molecule has 1 spiro atoms. The van der Waals surface area contributed by atoms with E-state index in [1.807, 2.05) is 0 Å². The van der Waals surface area contributed by atoms with Crippen LogP contribution in [0.5, 0.6) is 0 Å². The van der Waals surface area contributed by atoms with Crippen molar-refractivity contribution in [3.8, 4) is 0 Å². The summed E-state index contributed by atoms with van der Waals surface area (Å²) in [5, 5.41) is 3.92. The minimum Gasteiger partial charge on any atom is -0.375 e. The van der Waals surface area contributed by atoms with E-state index >= 15 is 0 Å². The second-order valence-electron chi connectivity index (χ2n) is 6.84. The van der Waals surface area contributed by atoms with E-state index in [-0.39, 0.29) is 5.60 Å². The first-order valence-electron chi connectivity index (χ1n) is 7.62. The van der Waals surface area contributed by atoms with Crippen LogP contribution in [-0.2, 0) is 4.74 Å². The van der Waals surface area contributed by atoms with Gasteiger partial charge in [-0.05, 0) is 51.9 Å². The van der Waals surface area contributed by atoms with Gasteiger partial charge in [-0.1, -0.05) is 19.3 Å². The monoisotopic (exact) mass is 237 g/mol. The third kappa shape index (κ3) is 2.53. The van der Waals surface area contributed by atoms with Crippen molar-refractivity contribution in [1.29, 1.82) is 0 Å². The average molecular weight is 237 g/mol. The van der Waals surface area contributed by atoms with Gasteiger partial charge in [0.25, 0.3) is 0 Å². The maximum atomic E-state index is 6.16. The molecule has 2 aliphatic carbocycles. The summed E-state index contributed by atoms with van der Waals surface area (Å²) < 4.78 is 6.16. The summed E-state index contributed by atoms with van der Waals surface area (Å²) >= 11 is 0. The average Bonchev–Trinajstić information content (AvgIpc) is 2.28. The van der Waals surface area contributed by atoms with Gasteiger partial charge in [-0.25, -0.2) is 0 Å². The van der Waals surface area contributed by atoms with Crippen molar-refractivity contribution >= 4 is 0 Å². The highest BCUT2D eigenvalue weighted by molar-refractivity contribution is 4.98. The Balaban J connectivity index is 1.59. The zero-order valence-corrected chi connectivity index (χ0v) is 11.3. The number of nitrogens with one attached hydrogen (secondary N) is 1. The summed E-state index contributed by atoms with van der Waals surface area (Å²) in [5.74, 6) is 0. The Hall–Kier alpha value is -0.0800. The molecule has 3 rings (SSSR count). The van der Waals surface area contributed by atoms with Crippen LogP contribution in [0, 0.1) is 0 Å². The molecule has 2 nitrogen and oxygen atoms in total. The molecule has 1 N–H and O–H groups in total. The fourth-order valence-corrected chi connectivity index (χ4v) is 4.04. The van der Waals surface area contributed by atoms with E-state index in [9.17, 15) is 0 Å². The van der Waals surface area contributed by atoms with E-state index in [2.05, 4.69) is 12.2 Å². The highest BCUT2D eigenvalue weighted by Gasteiger charge is 2.41. The molecule has 1 aliphatic heterocycles. The normalized spacial score (nSPS) is 35.5. The van der Waals surface area contributed by atoms with E-state index in [1.54, 1.807) is 0 Å². The molecule has 0 aromatic carbocycles. The summed E-state index contributed by atoms with van der Waals surface area (Å²) in [4.78, 5) is 0. The third-order valence-corrected chi connectivity index (χ3v) is 5.27. The van der Waals surface area contributed by atoms with Crippen LogP contribution in [0.3, 0.4) is 0 Å². The first-order chi connectivity index (χ1) is 8.20. The van der Waals surface area contributed by atoms with Crippen LogP contribution in [0.15, 0.2) is 0 Å². The van der Waals surface area contributed by atoms with Crippen molar-refractivity contribution in [2.75, 3.05) is 6.61 Å². The fraction of sp³-hybridized carbons (Fsp3) is 1.00. The van der Waals surface area contributed by atoms with Crippen LogP contribution < -0.4 is 5.32 Å². The van der Waals surface area contributed by atoms with Gasteiger partial charge in [-0.2, -0.15) is 0 Å². The van der Waals surface area contributed by atoms with Crippen LogP contribution in [0.1, 0.15) is 71.1 Å². The Morgan fingerprint density at radius 2 is 1.76 bits per heavy atom. The van der Waals surface area contributed by atoms with Crippen molar-refractivity contribution in [2.45, 2.75) is 88.3 Å². The zero-order valence-electron chi connectivity index (χ0n) is 11.3. The highest BCUT2D eigenvalue weighted by Crippen LogP contribution is 2.40. The van der Waals surface area contributed by atoms with E-state index in [0.29, 0.717) is 11.6 Å². The Bertz CT molecular complexity index is 261. The lowest BCUT2D eigenvalue weighted by molar-refractivity contribution is -0.113. The number of hydrogen-bond acceptors (Lipinski definition) is 2. The van der Waals surface area contributed by atoms with Gasteiger partial charge in [0.1, 0.15) is 0 Å². The topological polar surface area (TPSA) is 21.3 Å². The van der Waals surface area contributed by atoms with E-state index < -0.39 is 0 Å². The maximum Gasteiger partial charge on any atom is 0.0697 e. The van der Waals surface area contributed by atoms with Crippen LogP contribution in [-0.4, -0.2) is 23.8 Å². The Labute approximate surface area is 105 Å². The molecule has 0 bridgehead atoms. The van der Waals surface area contributed by atoms with Gasteiger partial charge in [0.2, 0.25) is 0 Å². The Kier molecular flexibility index (Phi) is 3.20. The molecule has 2 heteroatoms. The number of ether oxygens (including phenoxy) is 1. The molecule has 0 aromatic rings. The van der Waals surface area contributed by atoms with Crippen molar-refractivity contribution in [3.63, 3.8) is 0 Å². The fourth-order valence-electron chi connectivity index (χ4n) is 4.04. The van der Waals surface area contributed by atoms with Crippen LogP contribution in [0.4, 0.5) is 0 Å². The third-order valence-electron chi connectivity index (χ3n) is 5.27. The van der Waals surface area contributed by atoms with Crippen LogP contribution in [0.25, 0.3) is 0 Å². The molecule has 0 aromatic heterocycles. The molecule has 1 atom stereocenters. The van der Waals surface area contributed by atoms with Gasteiger partial charge in [0.15, 0.2) is 0 Å². The van der Waals surface area contributed by atoms with Gasteiger partial charge >= 0.3 is 0 Å².